The minimum Gasteiger partial charge on any atom is -0.481 e. The molecule has 0 saturated heterocycles. The lowest BCUT2D eigenvalue weighted by molar-refractivity contribution is -0.141. The first-order valence-electron chi connectivity index (χ1n) is 7.87. The minimum absolute atomic E-state index is 0.0287. The number of hydrogen-bond donors (Lipinski definition) is 3. The van der Waals surface area contributed by atoms with Gasteiger partial charge in [-0.1, -0.05) is 38.8 Å². The van der Waals surface area contributed by atoms with Crippen LogP contribution in [0, 0.1) is 11.8 Å². The van der Waals surface area contributed by atoms with E-state index < -0.39 is 17.8 Å². The van der Waals surface area contributed by atoms with E-state index in [4.69, 9.17) is 16.7 Å². The molecule has 1 atom stereocenters. The van der Waals surface area contributed by atoms with E-state index in [1.807, 2.05) is 6.92 Å². The van der Waals surface area contributed by atoms with Crippen molar-refractivity contribution in [2.24, 2.45) is 11.8 Å². The van der Waals surface area contributed by atoms with Crippen molar-refractivity contribution >= 4 is 35.1 Å². The monoisotopic (exact) mass is 354 g/mol. The third kappa shape index (κ3) is 5.85. The third-order valence-corrected chi connectivity index (χ3v) is 3.83. The average molecular weight is 355 g/mol. The molecule has 0 fully saturated rings. The number of carbonyl (C=O) groups excluding carboxylic acids is 2. The first-order chi connectivity index (χ1) is 11.3. The van der Waals surface area contributed by atoms with Gasteiger partial charge in [0, 0.05) is 18.2 Å². The third-order valence-electron chi connectivity index (χ3n) is 3.50. The van der Waals surface area contributed by atoms with Crippen LogP contribution in [0.25, 0.3) is 0 Å². The maximum absolute atomic E-state index is 12.3. The van der Waals surface area contributed by atoms with Gasteiger partial charge < -0.3 is 15.7 Å². The van der Waals surface area contributed by atoms with E-state index in [-0.39, 0.29) is 29.0 Å². The molecule has 0 saturated carbocycles. The van der Waals surface area contributed by atoms with E-state index in [9.17, 15) is 14.4 Å². The molecule has 0 bridgehead atoms. The van der Waals surface area contributed by atoms with Crippen LogP contribution in [0.2, 0.25) is 5.02 Å². The van der Waals surface area contributed by atoms with E-state index in [1.54, 1.807) is 19.9 Å². The number of carboxylic acid groups (broad SMARTS) is 1. The van der Waals surface area contributed by atoms with Gasteiger partial charge in [-0.2, -0.15) is 0 Å². The normalized spacial score (nSPS) is 11.9. The quantitative estimate of drug-likeness (QED) is 0.668. The molecule has 1 aromatic carbocycles. The molecule has 2 amide bonds. The van der Waals surface area contributed by atoms with E-state index in [1.165, 1.54) is 12.1 Å². The Morgan fingerprint density at radius 1 is 1.25 bits per heavy atom. The summed E-state index contributed by atoms with van der Waals surface area (Å²) in [6, 6.07) is 4.61. The van der Waals surface area contributed by atoms with Crippen LogP contribution in [0.4, 0.5) is 5.69 Å². The van der Waals surface area contributed by atoms with Gasteiger partial charge in [-0.05, 0) is 24.6 Å². The molecule has 0 spiro atoms. The molecule has 0 aliphatic carbocycles. The molecule has 0 aliphatic rings. The van der Waals surface area contributed by atoms with Gasteiger partial charge >= 0.3 is 5.97 Å². The predicted octanol–water partition coefficient (Wildman–Crippen LogP) is 3.17. The van der Waals surface area contributed by atoms with Gasteiger partial charge in [0.1, 0.15) is 0 Å². The van der Waals surface area contributed by atoms with E-state index in [0.717, 1.165) is 0 Å². The second-order valence-electron chi connectivity index (χ2n) is 5.87. The molecule has 0 heterocycles. The second-order valence-corrected chi connectivity index (χ2v) is 6.28. The Balaban J connectivity index is 2.82. The molecule has 3 N–H and O–H groups in total. The molecule has 7 heteroatoms. The van der Waals surface area contributed by atoms with Crippen molar-refractivity contribution in [3.8, 4) is 0 Å². The van der Waals surface area contributed by atoms with Gasteiger partial charge in [-0.3, -0.25) is 14.4 Å². The molecule has 1 aromatic rings. The molecule has 0 aliphatic heterocycles. The highest BCUT2D eigenvalue weighted by atomic mass is 35.5. The average Bonchev–Trinajstić information content (AvgIpc) is 2.52. The van der Waals surface area contributed by atoms with E-state index in [2.05, 4.69) is 10.6 Å². The highest BCUT2D eigenvalue weighted by Crippen LogP contribution is 2.21. The van der Waals surface area contributed by atoms with Crippen molar-refractivity contribution in [2.75, 3.05) is 11.9 Å². The Morgan fingerprint density at radius 2 is 1.92 bits per heavy atom. The second kappa shape index (κ2) is 9.27. The molecule has 132 valence electrons. The van der Waals surface area contributed by atoms with Crippen molar-refractivity contribution in [3.63, 3.8) is 0 Å². The van der Waals surface area contributed by atoms with Gasteiger partial charge in [-0.15, -0.1) is 0 Å². The van der Waals surface area contributed by atoms with Crippen LogP contribution in [-0.2, 0) is 9.59 Å². The summed E-state index contributed by atoms with van der Waals surface area (Å²) in [5.41, 5.74) is 0.658. The van der Waals surface area contributed by atoms with Gasteiger partial charge in [0.2, 0.25) is 5.91 Å². The summed E-state index contributed by atoms with van der Waals surface area (Å²) in [4.78, 5) is 35.1. The molecule has 0 aromatic heterocycles. The van der Waals surface area contributed by atoms with Gasteiger partial charge in [0.25, 0.3) is 5.91 Å². The summed E-state index contributed by atoms with van der Waals surface area (Å²) < 4.78 is 0. The number of rotatable bonds is 8. The molecule has 1 unspecified atom stereocenters. The van der Waals surface area contributed by atoms with Crippen molar-refractivity contribution in [2.45, 2.75) is 33.6 Å². The Morgan fingerprint density at radius 3 is 2.46 bits per heavy atom. The SMILES string of the molecule is CCCC(CNC(=O)c1cc(NC(=O)C(C)C)ccc1Cl)C(=O)O. The highest BCUT2D eigenvalue weighted by Gasteiger charge is 2.19. The number of benzene rings is 1. The maximum Gasteiger partial charge on any atom is 0.308 e. The van der Waals surface area contributed by atoms with E-state index in [0.29, 0.717) is 18.5 Å². The zero-order chi connectivity index (χ0) is 18.3. The summed E-state index contributed by atoms with van der Waals surface area (Å²) >= 11 is 6.04. The van der Waals surface area contributed by atoms with Crippen molar-refractivity contribution in [1.29, 1.82) is 0 Å². The smallest absolute Gasteiger partial charge is 0.308 e. The standard InChI is InChI=1S/C17H23ClN2O4/c1-4-5-11(17(23)24)9-19-16(22)13-8-12(6-7-14(13)18)20-15(21)10(2)3/h6-8,10-11H,4-5,9H2,1-3H3,(H,19,22)(H,20,21)(H,23,24). The Hall–Kier alpha value is -2.08. The minimum atomic E-state index is -0.943. The summed E-state index contributed by atoms with van der Waals surface area (Å²) in [6.45, 7) is 5.44. The molecular formula is C17H23ClN2O4. The van der Waals surface area contributed by atoms with Gasteiger partial charge in [-0.25, -0.2) is 0 Å². The van der Waals surface area contributed by atoms with Crippen molar-refractivity contribution in [3.05, 3.63) is 28.8 Å². The molecule has 24 heavy (non-hydrogen) atoms. The fourth-order valence-corrected chi connectivity index (χ4v) is 2.24. The van der Waals surface area contributed by atoms with Crippen LogP contribution in [-0.4, -0.2) is 29.4 Å². The first-order valence-corrected chi connectivity index (χ1v) is 8.25. The largest absolute Gasteiger partial charge is 0.481 e. The van der Waals surface area contributed by atoms with E-state index >= 15 is 0 Å². The zero-order valence-electron chi connectivity index (χ0n) is 14.1. The summed E-state index contributed by atoms with van der Waals surface area (Å²) in [6.07, 6.45) is 1.19. The van der Waals surface area contributed by atoms with Crippen molar-refractivity contribution in [1.82, 2.24) is 5.32 Å². The number of carbonyl (C=O) groups is 3. The fourth-order valence-electron chi connectivity index (χ4n) is 2.04. The number of hydrogen-bond acceptors (Lipinski definition) is 3. The van der Waals surface area contributed by atoms with Gasteiger partial charge in [0.15, 0.2) is 0 Å². The molecule has 6 nitrogen and oxygen atoms in total. The number of amides is 2. The number of carboxylic acids is 1. The summed E-state index contributed by atoms with van der Waals surface area (Å²) in [5.74, 6) is -2.41. The Labute approximate surface area is 146 Å². The Bertz CT molecular complexity index is 617. The topological polar surface area (TPSA) is 95.5 Å². The zero-order valence-corrected chi connectivity index (χ0v) is 14.8. The van der Waals surface area contributed by atoms with Crippen molar-refractivity contribution < 1.29 is 19.5 Å². The van der Waals surface area contributed by atoms with Gasteiger partial charge in [0.05, 0.1) is 16.5 Å². The lowest BCUT2D eigenvalue weighted by Gasteiger charge is -2.14. The van der Waals surface area contributed by atoms with Crippen LogP contribution in [0.5, 0.6) is 0 Å². The van der Waals surface area contributed by atoms with Crippen LogP contribution < -0.4 is 10.6 Å². The Kier molecular flexibility index (Phi) is 7.71. The highest BCUT2D eigenvalue weighted by molar-refractivity contribution is 6.34. The maximum atomic E-state index is 12.3. The number of aliphatic carboxylic acids is 1. The first kappa shape index (κ1) is 20.0. The number of nitrogens with one attached hydrogen (secondary N) is 2. The number of anilines is 1. The van der Waals surface area contributed by atoms with Crippen LogP contribution >= 0.6 is 11.6 Å². The van der Waals surface area contributed by atoms with Crippen LogP contribution in [0.15, 0.2) is 18.2 Å². The van der Waals surface area contributed by atoms with Crippen LogP contribution in [0.3, 0.4) is 0 Å². The summed E-state index contributed by atoms with van der Waals surface area (Å²) in [7, 11) is 0. The molecule has 0 radical (unpaired) electrons. The lowest BCUT2D eigenvalue weighted by Crippen LogP contribution is -2.33. The fraction of sp³-hybridized carbons (Fsp3) is 0.471. The molecular weight excluding hydrogens is 332 g/mol. The molecule has 1 rings (SSSR count). The summed E-state index contributed by atoms with van der Waals surface area (Å²) in [5, 5.41) is 14.6. The lowest BCUT2D eigenvalue weighted by atomic mass is 10.0. The van der Waals surface area contributed by atoms with Crippen LogP contribution in [0.1, 0.15) is 44.0 Å². The number of halogens is 1. The predicted molar refractivity (Wildman–Crippen MR) is 93.3 cm³/mol.